The lowest BCUT2D eigenvalue weighted by atomic mass is 10.2. The van der Waals surface area contributed by atoms with Crippen LogP contribution in [0, 0.1) is 0 Å². The molecule has 1 aliphatic rings. The molecule has 7 nitrogen and oxygen atoms in total. The number of nitrogens with zero attached hydrogens (tertiary/aromatic N) is 4. The third kappa shape index (κ3) is 4.29. The lowest BCUT2D eigenvalue weighted by Gasteiger charge is -2.33. The zero-order chi connectivity index (χ0) is 18.4. The maximum absolute atomic E-state index is 12.7. The van der Waals surface area contributed by atoms with Gasteiger partial charge in [-0.2, -0.15) is 0 Å². The zero-order valence-corrected chi connectivity index (χ0v) is 15.3. The summed E-state index contributed by atoms with van der Waals surface area (Å²) in [5.74, 6) is 1.27. The van der Waals surface area contributed by atoms with Crippen LogP contribution in [-0.4, -0.2) is 65.0 Å². The highest BCUT2D eigenvalue weighted by molar-refractivity contribution is 5.93. The van der Waals surface area contributed by atoms with Gasteiger partial charge in [0.25, 0.3) is 5.91 Å². The topological polar surface area (TPSA) is 70.6 Å². The summed E-state index contributed by atoms with van der Waals surface area (Å²) < 4.78 is 5.62. The Morgan fingerprint density at radius 3 is 2.65 bits per heavy atom. The van der Waals surface area contributed by atoms with Crippen LogP contribution >= 0.6 is 0 Å². The van der Waals surface area contributed by atoms with Crippen LogP contribution in [0.25, 0.3) is 0 Å². The van der Waals surface area contributed by atoms with Gasteiger partial charge in [0.05, 0.1) is 12.3 Å². The summed E-state index contributed by atoms with van der Waals surface area (Å²) in [6.07, 6.45) is 1.42. The molecule has 0 aliphatic carbocycles. The van der Waals surface area contributed by atoms with E-state index in [0.717, 1.165) is 44.2 Å². The number of hydrogen-bond acceptors (Lipinski definition) is 6. The third-order valence-corrected chi connectivity index (χ3v) is 4.44. The van der Waals surface area contributed by atoms with Crippen LogP contribution in [0.5, 0.6) is 5.75 Å². The number of likely N-dealkylation sites (N-methyl/N-ethyl adjacent to an activating group) is 1. The third-order valence-electron chi connectivity index (χ3n) is 4.44. The minimum atomic E-state index is -0.0516. The van der Waals surface area contributed by atoms with Crippen LogP contribution < -0.4 is 10.1 Å². The SMILES string of the molecule is CCOc1ccccc1Nc1cc(C(=O)N2CCN(CC)CC2)ncn1. The van der Waals surface area contributed by atoms with Crippen molar-refractivity contribution in [2.24, 2.45) is 0 Å². The van der Waals surface area contributed by atoms with Crippen molar-refractivity contribution in [2.75, 3.05) is 44.6 Å². The lowest BCUT2D eigenvalue weighted by molar-refractivity contribution is 0.0637. The first kappa shape index (κ1) is 18.1. The summed E-state index contributed by atoms with van der Waals surface area (Å²) in [4.78, 5) is 25.3. The van der Waals surface area contributed by atoms with Gasteiger partial charge in [-0.25, -0.2) is 9.97 Å². The normalized spacial score (nSPS) is 14.9. The molecular formula is C19H25N5O2. The molecule has 1 aromatic carbocycles. The number of hydrogen-bond donors (Lipinski definition) is 1. The van der Waals surface area contributed by atoms with E-state index in [1.54, 1.807) is 6.07 Å². The fourth-order valence-electron chi connectivity index (χ4n) is 2.96. The van der Waals surface area contributed by atoms with Crippen molar-refractivity contribution >= 4 is 17.4 Å². The number of amides is 1. The quantitative estimate of drug-likeness (QED) is 0.858. The molecule has 3 rings (SSSR count). The second kappa shape index (κ2) is 8.62. The van der Waals surface area contributed by atoms with E-state index >= 15 is 0 Å². The van der Waals surface area contributed by atoms with Crippen molar-refractivity contribution in [3.05, 3.63) is 42.4 Å². The largest absolute Gasteiger partial charge is 0.492 e. The van der Waals surface area contributed by atoms with E-state index in [2.05, 4.69) is 27.1 Å². The lowest BCUT2D eigenvalue weighted by Crippen LogP contribution is -2.48. The van der Waals surface area contributed by atoms with Crippen molar-refractivity contribution in [3.63, 3.8) is 0 Å². The maximum atomic E-state index is 12.7. The molecule has 26 heavy (non-hydrogen) atoms. The number of carbonyl (C=O) groups excluding carboxylic acids is 1. The molecule has 0 spiro atoms. The molecule has 2 aromatic rings. The Kier molecular flexibility index (Phi) is 6.01. The number of nitrogens with one attached hydrogen (secondary N) is 1. The van der Waals surface area contributed by atoms with E-state index in [9.17, 15) is 4.79 Å². The highest BCUT2D eigenvalue weighted by atomic mass is 16.5. The van der Waals surface area contributed by atoms with E-state index in [1.165, 1.54) is 6.33 Å². The Bertz CT molecular complexity index is 744. The Morgan fingerprint density at radius 1 is 1.15 bits per heavy atom. The number of rotatable bonds is 6. The smallest absolute Gasteiger partial charge is 0.272 e. The molecule has 7 heteroatoms. The first-order chi connectivity index (χ1) is 12.7. The molecule has 1 saturated heterocycles. The predicted molar refractivity (Wildman–Crippen MR) is 101 cm³/mol. The summed E-state index contributed by atoms with van der Waals surface area (Å²) in [5.41, 5.74) is 1.21. The van der Waals surface area contributed by atoms with E-state index in [-0.39, 0.29) is 5.91 Å². The van der Waals surface area contributed by atoms with Crippen LogP contribution in [0.3, 0.4) is 0 Å². The molecule has 1 aliphatic heterocycles. The van der Waals surface area contributed by atoms with Crippen LogP contribution in [-0.2, 0) is 0 Å². The van der Waals surface area contributed by atoms with Crippen LogP contribution in [0.1, 0.15) is 24.3 Å². The molecule has 0 radical (unpaired) electrons. The molecule has 2 heterocycles. The summed E-state index contributed by atoms with van der Waals surface area (Å²) in [5, 5.41) is 3.22. The van der Waals surface area contributed by atoms with Gasteiger partial charge < -0.3 is 19.9 Å². The molecule has 0 saturated carbocycles. The van der Waals surface area contributed by atoms with Gasteiger partial charge in [0, 0.05) is 32.2 Å². The average Bonchev–Trinajstić information content (AvgIpc) is 2.69. The maximum Gasteiger partial charge on any atom is 0.272 e. The molecule has 1 N–H and O–H groups in total. The van der Waals surface area contributed by atoms with Gasteiger partial charge in [-0.1, -0.05) is 19.1 Å². The molecule has 1 fully saturated rings. The van der Waals surface area contributed by atoms with Gasteiger partial charge in [-0.3, -0.25) is 4.79 Å². The minimum Gasteiger partial charge on any atom is -0.492 e. The number of benzene rings is 1. The van der Waals surface area contributed by atoms with Gasteiger partial charge in [0.1, 0.15) is 23.6 Å². The Morgan fingerprint density at radius 2 is 1.92 bits per heavy atom. The zero-order valence-electron chi connectivity index (χ0n) is 15.3. The molecular weight excluding hydrogens is 330 g/mol. The van der Waals surface area contributed by atoms with Gasteiger partial charge in [-0.15, -0.1) is 0 Å². The standard InChI is InChI=1S/C19H25N5O2/c1-3-23-9-11-24(12-10-23)19(25)16-13-18(21-14-20-16)22-15-7-5-6-8-17(15)26-4-2/h5-8,13-14H,3-4,9-12H2,1-2H3,(H,20,21,22). The van der Waals surface area contributed by atoms with Gasteiger partial charge in [-0.05, 0) is 25.6 Å². The first-order valence-electron chi connectivity index (χ1n) is 9.03. The second-order valence-corrected chi connectivity index (χ2v) is 6.07. The molecule has 1 aromatic heterocycles. The van der Waals surface area contributed by atoms with E-state index in [0.29, 0.717) is 18.1 Å². The highest BCUT2D eigenvalue weighted by Crippen LogP contribution is 2.26. The van der Waals surface area contributed by atoms with Crippen molar-refractivity contribution in [1.29, 1.82) is 0 Å². The van der Waals surface area contributed by atoms with Crippen molar-refractivity contribution in [3.8, 4) is 5.75 Å². The van der Waals surface area contributed by atoms with Gasteiger partial charge in [0.2, 0.25) is 0 Å². The van der Waals surface area contributed by atoms with E-state index in [1.807, 2.05) is 36.1 Å². The van der Waals surface area contributed by atoms with Crippen LogP contribution in [0.15, 0.2) is 36.7 Å². The monoisotopic (exact) mass is 355 g/mol. The minimum absolute atomic E-state index is 0.0516. The van der Waals surface area contributed by atoms with Crippen molar-refractivity contribution in [2.45, 2.75) is 13.8 Å². The van der Waals surface area contributed by atoms with Crippen LogP contribution in [0.2, 0.25) is 0 Å². The molecule has 0 unspecified atom stereocenters. The Labute approximate surface area is 154 Å². The Hall–Kier alpha value is -2.67. The van der Waals surface area contributed by atoms with Gasteiger partial charge >= 0.3 is 0 Å². The summed E-state index contributed by atoms with van der Waals surface area (Å²) >= 11 is 0. The summed E-state index contributed by atoms with van der Waals surface area (Å²) in [7, 11) is 0. The number of ether oxygens (including phenoxy) is 1. The van der Waals surface area contributed by atoms with Crippen molar-refractivity contribution < 1.29 is 9.53 Å². The van der Waals surface area contributed by atoms with Crippen molar-refractivity contribution in [1.82, 2.24) is 19.8 Å². The van der Waals surface area contributed by atoms with Crippen LogP contribution in [0.4, 0.5) is 11.5 Å². The number of carbonyl (C=O) groups is 1. The predicted octanol–water partition coefficient (Wildman–Crippen LogP) is 2.40. The fraction of sp³-hybridized carbons (Fsp3) is 0.421. The molecule has 138 valence electrons. The van der Waals surface area contributed by atoms with E-state index < -0.39 is 0 Å². The Balaban J connectivity index is 1.71. The number of anilines is 2. The summed E-state index contributed by atoms with van der Waals surface area (Å²) in [6.45, 7) is 8.94. The molecule has 0 atom stereocenters. The van der Waals surface area contributed by atoms with E-state index in [4.69, 9.17) is 4.74 Å². The highest BCUT2D eigenvalue weighted by Gasteiger charge is 2.22. The first-order valence-corrected chi connectivity index (χ1v) is 9.03. The van der Waals surface area contributed by atoms with Gasteiger partial charge in [0.15, 0.2) is 0 Å². The number of piperazine rings is 1. The molecule has 1 amide bonds. The fourth-order valence-corrected chi connectivity index (χ4v) is 2.96. The number of aromatic nitrogens is 2. The summed E-state index contributed by atoms with van der Waals surface area (Å²) in [6, 6.07) is 9.34. The number of para-hydroxylation sites is 2. The average molecular weight is 355 g/mol. The molecule has 0 bridgehead atoms. The second-order valence-electron chi connectivity index (χ2n) is 6.07.